The Hall–Kier alpha value is -3.87. The van der Waals surface area contributed by atoms with Crippen molar-refractivity contribution in [2.45, 2.75) is 13.0 Å². The van der Waals surface area contributed by atoms with Gasteiger partial charge in [-0.25, -0.2) is 4.79 Å². The fourth-order valence-electron chi connectivity index (χ4n) is 2.74. The summed E-state index contributed by atoms with van der Waals surface area (Å²) in [6.07, 6.45) is 1.19. The lowest BCUT2D eigenvalue weighted by molar-refractivity contribution is -0.605. The van der Waals surface area contributed by atoms with Crippen molar-refractivity contribution in [1.29, 1.82) is 0 Å². The maximum absolute atomic E-state index is 13.0. The SMILES string of the molecule is COc1ccc(C)cc1NC(=O)[C@H](OC(=O)c1cc[n+]([O-])cc1)c1ccccc1. The van der Waals surface area contributed by atoms with Crippen molar-refractivity contribution in [1.82, 2.24) is 0 Å². The molecule has 0 saturated carbocycles. The molecule has 0 aliphatic heterocycles. The maximum atomic E-state index is 13.0. The van der Waals surface area contributed by atoms with Crippen LogP contribution in [-0.4, -0.2) is 19.0 Å². The highest BCUT2D eigenvalue weighted by Crippen LogP contribution is 2.28. The van der Waals surface area contributed by atoms with E-state index in [0.29, 0.717) is 21.7 Å². The number of esters is 1. The van der Waals surface area contributed by atoms with Gasteiger partial charge >= 0.3 is 5.97 Å². The molecule has 3 aromatic rings. The lowest BCUT2D eigenvalue weighted by atomic mass is 10.1. The number of anilines is 1. The Labute approximate surface area is 168 Å². The number of nitrogens with one attached hydrogen (secondary N) is 1. The number of amides is 1. The molecule has 1 heterocycles. The van der Waals surface area contributed by atoms with Gasteiger partial charge < -0.3 is 20.0 Å². The molecule has 0 aliphatic rings. The summed E-state index contributed by atoms with van der Waals surface area (Å²) < 4.78 is 11.3. The summed E-state index contributed by atoms with van der Waals surface area (Å²) in [4.78, 5) is 25.6. The number of hydrogen-bond acceptors (Lipinski definition) is 5. The third kappa shape index (κ3) is 4.90. The number of carbonyl (C=O) groups excluding carboxylic acids is 2. The Morgan fingerprint density at radius 1 is 1.03 bits per heavy atom. The van der Waals surface area contributed by atoms with E-state index in [1.54, 1.807) is 42.5 Å². The molecule has 1 amide bonds. The van der Waals surface area contributed by atoms with Gasteiger partial charge in [0, 0.05) is 17.7 Å². The fraction of sp³-hybridized carbons (Fsp3) is 0.136. The van der Waals surface area contributed by atoms with Crippen LogP contribution in [0.4, 0.5) is 5.69 Å². The van der Waals surface area contributed by atoms with E-state index >= 15 is 0 Å². The van der Waals surface area contributed by atoms with Crippen LogP contribution in [0.25, 0.3) is 0 Å². The number of benzene rings is 2. The summed E-state index contributed by atoms with van der Waals surface area (Å²) in [6, 6.07) is 16.7. The molecule has 1 atom stereocenters. The normalized spacial score (nSPS) is 11.4. The van der Waals surface area contributed by atoms with Crippen LogP contribution in [0.15, 0.2) is 73.1 Å². The highest BCUT2D eigenvalue weighted by molar-refractivity contribution is 5.99. The van der Waals surface area contributed by atoms with Crippen molar-refractivity contribution in [2.24, 2.45) is 0 Å². The molecule has 1 N–H and O–H groups in total. The van der Waals surface area contributed by atoms with Crippen molar-refractivity contribution in [2.75, 3.05) is 12.4 Å². The van der Waals surface area contributed by atoms with Crippen LogP contribution in [-0.2, 0) is 9.53 Å². The zero-order valence-electron chi connectivity index (χ0n) is 16.0. The number of aromatic nitrogens is 1. The van der Waals surface area contributed by atoms with Crippen molar-refractivity contribution < 1.29 is 23.8 Å². The second-order valence-corrected chi connectivity index (χ2v) is 6.34. The van der Waals surface area contributed by atoms with Crippen LogP contribution < -0.4 is 14.8 Å². The minimum atomic E-state index is -1.19. The van der Waals surface area contributed by atoms with Crippen LogP contribution >= 0.6 is 0 Å². The number of nitrogens with zero attached hydrogens (tertiary/aromatic N) is 1. The second kappa shape index (κ2) is 8.88. The van der Waals surface area contributed by atoms with Crippen molar-refractivity contribution in [3.63, 3.8) is 0 Å². The van der Waals surface area contributed by atoms with Gasteiger partial charge in [-0.15, -0.1) is 0 Å². The minimum Gasteiger partial charge on any atom is -0.619 e. The van der Waals surface area contributed by atoms with E-state index in [4.69, 9.17) is 9.47 Å². The number of carbonyl (C=O) groups is 2. The zero-order chi connectivity index (χ0) is 20.8. The number of hydrogen-bond donors (Lipinski definition) is 1. The molecule has 29 heavy (non-hydrogen) atoms. The highest BCUT2D eigenvalue weighted by atomic mass is 16.5. The fourth-order valence-corrected chi connectivity index (χ4v) is 2.74. The molecule has 0 bridgehead atoms. The number of ether oxygens (including phenoxy) is 2. The molecule has 0 spiro atoms. The minimum absolute atomic E-state index is 0.166. The van der Waals surface area contributed by atoms with Crippen molar-refractivity contribution >= 4 is 17.6 Å². The molecule has 2 aromatic carbocycles. The van der Waals surface area contributed by atoms with E-state index in [0.717, 1.165) is 5.56 Å². The molecule has 0 fully saturated rings. The molecule has 0 unspecified atom stereocenters. The van der Waals surface area contributed by atoms with Gasteiger partial charge in [-0.05, 0) is 24.6 Å². The maximum Gasteiger partial charge on any atom is 0.339 e. The first-order valence-electron chi connectivity index (χ1n) is 8.88. The first-order chi connectivity index (χ1) is 14.0. The van der Waals surface area contributed by atoms with E-state index in [1.807, 2.05) is 13.0 Å². The molecular formula is C22H20N2O5. The largest absolute Gasteiger partial charge is 0.619 e. The molecule has 0 saturated heterocycles. The van der Waals surface area contributed by atoms with E-state index in [2.05, 4.69) is 5.32 Å². The molecule has 0 radical (unpaired) electrons. The van der Waals surface area contributed by atoms with Crippen LogP contribution in [0, 0.1) is 12.1 Å². The molecule has 1 aromatic heterocycles. The van der Waals surface area contributed by atoms with Crippen LogP contribution in [0.2, 0.25) is 0 Å². The highest BCUT2D eigenvalue weighted by Gasteiger charge is 2.26. The second-order valence-electron chi connectivity index (χ2n) is 6.34. The molecule has 7 nitrogen and oxygen atoms in total. The van der Waals surface area contributed by atoms with Gasteiger partial charge in [0.05, 0.1) is 18.4 Å². The van der Waals surface area contributed by atoms with Gasteiger partial charge in [0.25, 0.3) is 5.91 Å². The van der Waals surface area contributed by atoms with Gasteiger partial charge in [-0.1, -0.05) is 36.4 Å². The van der Waals surface area contributed by atoms with Crippen LogP contribution in [0.5, 0.6) is 5.75 Å². The quantitative estimate of drug-likeness (QED) is 0.395. The van der Waals surface area contributed by atoms with Gasteiger partial charge in [-0.2, -0.15) is 4.73 Å². The molecular weight excluding hydrogens is 372 g/mol. The predicted octanol–water partition coefficient (Wildman–Crippen LogP) is 3.17. The molecule has 0 aliphatic carbocycles. The van der Waals surface area contributed by atoms with Gasteiger partial charge in [0.15, 0.2) is 12.4 Å². The monoisotopic (exact) mass is 392 g/mol. The molecule has 3 rings (SSSR count). The standard InChI is InChI=1S/C22H20N2O5/c1-15-8-9-19(28-2)18(14-15)23-21(25)20(16-6-4-3-5-7-16)29-22(26)17-10-12-24(27)13-11-17/h3-14,20H,1-2H3,(H,23,25)/t20-/m1/s1. The van der Waals surface area contributed by atoms with Gasteiger partial charge in [0.2, 0.25) is 6.10 Å². The van der Waals surface area contributed by atoms with E-state index in [-0.39, 0.29) is 5.56 Å². The summed E-state index contributed by atoms with van der Waals surface area (Å²) in [5, 5.41) is 13.9. The first-order valence-corrected chi connectivity index (χ1v) is 8.88. The summed E-state index contributed by atoms with van der Waals surface area (Å²) in [5.74, 6) is -0.751. The van der Waals surface area contributed by atoms with Gasteiger partial charge in [0.1, 0.15) is 5.75 Å². The Morgan fingerprint density at radius 2 is 1.72 bits per heavy atom. The first kappa shape index (κ1) is 19.9. The topological polar surface area (TPSA) is 91.6 Å². The average molecular weight is 392 g/mol. The predicted molar refractivity (Wildman–Crippen MR) is 106 cm³/mol. The molecule has 148 valence electrons. The van der Waals surface area contributed by atoms with E-state index < -0.39 is 18.0 Å². The summed E-state index contributed by atoms with van der Waals surface area (Å²) in [5.41, 5.74) is 2.09. The van der Waals surface area contributed by atoms with E-state index in [1.165, 1.54) is 31.6 Å². The van der Waals surface area contributed by atoms with Crippen molar-refractivity contribution in [3.8, 4) is 5.75 Å². The summed E-state index contributed by atoms with van der Waals surface area (Å²) in [7, 11) is 1.51. The number of rotatable bonds is 6. The van der Waals surface area contributed by atoms with Crippen molar-refractivity contribution in [3.05, 3.63) is 95.0 Å². The Bertz CT molecular complexity index is 1000. The average Bonchev–Trinajstić information content (AvgIpc) is 2.73. The summed E-state index contributed by atoms with van der Waals surface area (Å²) in [6.45, 7) is 1.89. The third-order valence-electron chi connectivity index (χ3n) is 4.22. The smallest absolute Gasteiger partial charge is 0.339 e. The molecule has 7 heteroatoms. The number of pyridine rings is 1. The number of methoxy groups -OCH3 is 1. The Morgan fingerprint density at radius 3 is 2.38 bits per heavy atom. The Balaban J connectivity index is 1.88. The number of aryl methyl sites for hydroxylation is 1. The van der Waals surface area contributed by atoms with Gasteiger partial charge in [-0.3, -0.25) is 4.79 Å². The van der Waals surface area contributed by atoms with E-state index in [9.17, 15) is 14.8 Å². The third-order valence-corrected chi connectivity index (χ3v) is 4.22. The summed E-state index contributed by atoms with van der Waals surface area (Å²) >= 11 is 0. The Kier molecular flexibility index (Phi) is 6.09. The van der Waals surface area contributed by atoms with Crippen LogP contribution in [0.3, 0.4) is 0 Å². The van der Waals surface area contributed by atoms with Crippen LogP contribution in [0.1, 0.15) is 27.6 Å². The lowest BCUT2D eigenvalue weighted by Gasteiger charge is -2.19. The lowest BCUT2D eigenvalue weighted by Crippen LogP contribution is -2.27. The zero-order valence-corrected chi connectivity index (χ0v) is 16.0.